The van der Waals surface area contributed by atoms with E-state index in [0.29, 0.717) is 0 Å². The predicted molar refractivity (Wildman–Crippen MR) is 79.2 cm³/mol. The minimum atomic E-state index is 0.129. The van der Waals surface area contributed by atoms with E-state index in [-0.39, 0.29) is 6.10 Å². The molecule has 1 aliphatic rings. The Bertz CT molecular complexity index is 514. The van der Waals surface area contributed by atoms with E-state index >= 15 is 0 Å². The largest absolute Gasteiger partial charge is 0.369 e. The summed E-state index contributed by atoms with van der Waals surface area (Å²) in [7, 11) is 0. The fourth-order valence-corrected chi connectivity index (χ4v) is 2.84. The lowest BCUT2D eigenvalue weighted by Gasteiger charge is -2.14. The van der Waals surface area contributed by atoms with Gasteiger partial charge in [-0.3, -0.25) is 0 Å². The Labute approximate surface area is 115 Å². The highest BCUT2D eigenvalue weighted by Crippen LogP contribution is 2.44. The van der Waals surface area contributed by atoms with Crippen molar-refractivity contribution in [2.75, 3.05) is 6.61 Å². The molecule has 0 spiro atoms. The van der Waals surface area contributed by atoms with E-state index in [0.717, 1.165) is 13.0 Å². The highest BCUT2D eigenvalue weighted by atomic mass is 16.5. The van der Waals surface area contributed by atoms with E-state index in [1.807, 2.05) is 0 Å². The monoisotopic (exact) mass is 252 g/mol. The molecule has 0 atom stereocenters. The van der Waals surface area contributed by atoms with Crippen LogP contribution in [0.15, 0.2) is 48.5 Å². The zero-order chi connectivity index (χ0) is 13.1. The van der Waals surface area contributed by atoms with Gasteiger partial charge in [0.05, 0.1) is 0 Å². The topological polar surface area (TPSA) is 9.23 Å². The van der Waals surface area contributed by atoms with Crippen LogP contribution < -0.4 is 0 Å². The normalized spacial score (nSPS) is 13.3. The summed E-state index contributed by atoms with van der Waals surface area (Å²) in [6, 6.07) is 17.2. The third-order valence-corrected chi connectivity index (χ3v) is 3.81. The summed E-state index contributed by atoms with van der Waals surface area (Å²) in [4.78, 5) is 0. The van der Waals surface area contributed by atoms with Crippen LogP contribution in [0.25, 0.3) is 11.1 Å². The van der Waals surface area contributed by atoms with Gasteiger partial charge in [0, 0.05) is 6.61 Å². The molecule has 1 heteroatoms. The molecule has 0 bridgehead atoms. The van der Waals surface area contributed by atoms with Gasteiger partial charge in [0.25, 0.3) is 0 Å². The Hall–Kier alpha value is -1.60. The van der Waals surface area contributed by atoms with Gasteiger partial charge >= 0.3 is 0 Å². The van der Waals surface area contributed by atoms with Crippen molar-refractivity contribution in [3.05, 3.63) is 59.7 Å². The van der Waals surface area contributed by atoms with Crippen LogP contribution >= 0.6 is 0 Å². The third-order valence-electron chi connectivity index (χ3n) is 3.81. The number of unbranched alkanes of at least 4 members (excludes halogenated alkanes) is 2. The van der Waals surface area contributed by atoms with Crippen molar-refractivity contribution in [1.29, 1.82) is 0 Å². The highest BCUT2D eigenvalue weighted by molar-refractivity contribution is 5.77. The molecule has 2 aromatic carbocycles. The fraction of sp³-hybridized carbons (Fsp3) is 0.333. The van der Waals surface area contributed by atoms with E-state index in [9.17, 15) is 0 Å². The molecule has 1 nitrogen and oxygen atoms in total. The molecule has 19 heavy (non-hydrogen) atoms. The van der Waals surface area contributed by atoms with Gasteiger partial charge in [0.15, 0.2) is 0 Å². The Kier molecular flexibility index (Phi) is 3.65. The summed E-state index contributed by atoms with van der Waals surface area (Å²) in [6.07, 6.45) is 3.76. The maximum atomic E-state index is 6.16. The van der Waals surface area contributed by atoms with Crippen LogP contribution in [0.3, 0.4) is 0 Å². The minimum Gasteiger partial charge on any atom is -0.369 e. The molecular weight excluding hydrogens is 232 g/mol. The van der Waals surface area contributed by atoms with Gasteiger partial charge in [-0.2, -0.15) is 0 Å². The van der Waals surface area contributed by atoms with Crippen molar-refractivity contribution in [3.8, 4) is 11.1 Å². The Morgan fingerprint density at radius 3 is 2.00 bits per heavy atom. The van der Waals surface area contributed by atoms with Crippen LogP contribution in [0.2, 0.25) is 0 Å². The number of benzene rings is 2. The Balaban J connectivity index is 1.87. The lowest BCUT2D eigenvalue weighted by atomic mass is 10.1. The second-order valence-electron chi connectivity index (χ2n) is 5.13. The Morgan fingerprint density at radius 1 is 0.842 bits per heavy atom. The molecule has 0 amide bonds. The summed E-state index contributed by atoms with van der Waals surface area (Å²) in [6.45, 7) is 3.07. The third kappa shape index (κ3) is 2.31. The molecule has 0 saturated heterocycles. The first-order valence-electron chi connectivity index (χ1n) is 7.21. The summed E-state index contributed by atoms with van der Waals surface area (Å²) in [5.41, 5.74) is 5.30. The number of hydrogen-bond donors (Lipinski definition) is 0. The molecule has 0 radical (unpaired) electrons. The van der Waals surface area contributed by atoms with E-state index < -0.39 is 0 Å². The number of ether oxygens (including phenoxy) is 1. The van der Waals surface area contributed by atoms with E-state index in [1.165, 1.54) is 35.1 Å². The predicted octanol–water partition coefficient (Wildman–Crippen LogP) is 4.96. The van der Waals surface area contributed by atoms with Crippen molar-refractivity contribution in [1.82, 2.24) is 0 Å². The molecule has 0 unspecified atom stereocenters. The molecule has 0 fully saturated rings. The van der Waals surface area contributed by atoms with Gasteiger partial charge in [-0.05, 0) is 28.7 Å². The lowest BCUT2D eigenvalue weighted by Crippen LogP contribution is -2.04. The average molecular weight is 252 g/mol. The van der Waals surface area contributed by atoms with Crippen LogP contribution in [0.1, 0.15) is 43.4 Å². The van der Waals surface area contributed by atoms with Crippen molar-refractivity contribution in [3.63, 3.8) is 0 Å². The average Bonchev–Trinajstić information content (AvgIpc) is 2.78. The first-order chi connectivity index (χ1) is 9.42. The van der Waals surface area contributed by atoms with Gasteiger partial charge in [-0.1, -0.05) is 68.3 Å². The van der Waals surface area contributed by atoms with Crippen LogP contribution in [0, 0.1) is 0 Å². The zero-order valence-electron chi connectivity index (χ0n) is 11.4. The summed E-state index contributed by atoms with van der Waals surface area (Å²) in [5.74, 6) is 0. The summed E-state index contributed by atoms with van der Waals surface area (Å²) in [5, 5.41) is 0. The molecule has 0 aliphatic heterocycles. The molecule has 0 heterocycles. The van der Waals surface area contributed by atoms with Crippen LogP contribution in [-0.4, -0.2) is 6.61 Å². The lowest BCUT2D eigenvalue weighted by molar-refractivity contribution is 0.0799. The van der Waals surface area contributed by atoms with Crippen LogP contribution in [-0.2, 0) is 4.74 Å². The van der Waals surface area contributed by atoms with Crippen molar-refractivity contribution in [2.24, 2.45) is 0 Å². The van der Waals surface area contributed by atoms with Crippen LogP contribution in [0.5, 0.6) is 0 Å². The zero-order valence-corrected chi connectivity index (χ0v) is 11.4. The van der Waals surface area contributed by atoms with Gasteiger partial charge in [0.2, 0.25) is 0 Å². The first-order valence-corrected chi connectivity index (χ1v) is 7.21. The first kappa shape index (κ1) is 12.4. The molecule has 0 aromatic heterocycles. The van der Waals surface area contributed by atoms with E-state index in [4.69, 9.17) is 4.74 Å². The fourth-order valence-electron chi connectivity index (χ4n) is 2.84. The highest BCUT2D eigenvalue weighted by Gasteiger charge is 2.28. The molecular formula is C18H20O. The number of rotatable bonds is 5. The smallest absolute Gasteiger partial charge is 0.109 e. The summed E-state index contributed by atoms with van der Waals surface area (Å²) < 4.78 is 6.16. The maximum Gasteiger partial charge on any atom is 0.109 e. The maximum absolute atomic E-state index is 6.16. The molecule has 2 aromatic rings. The van der Waals surface area contributed by atoms with Gasteiger partial charge in [-0.15, -0.1) is 0 Å². The molecule has 0 N–H and O–H groups in total. The van der Waals surface area contributed by atoms with Crippen molar-refractivity contribution < 1.29 is 4.74 Å². The number of fused-ring (bicyclic) bond motifs is 3. The molecule has 0 saturated carbocycles. The van der Waals surface area contributed by atoms with Crippen LogP contribution in [0.4, 0.5) is 0 Å². The quantitative estimate of drug-likeness (QED) is 0.683. The minimum absolute atomic E-state index is 0.129. The van der Waals surface area contributed by atoms with Crippen molar-refractivity contribution >= 4 is 0 Å². The molecule has 3 rings (SSSR count). The molecule has 98 valence electrons. The second kappa shape index (κ2) is 5.58. The molecule has 1 aliphatic carbocycles. The van der Waals surface area contributed by atoms with E-state index in [2.05, 4.69) is 55.5 Å². The second-order valence-corrected chi connectivity index (χ2v) is 5.13. The van der Waals surface area contributed by atoms with Crippen molar-refractivity contribution in [2.45, 2.75) is 32.3 Å². The van der Waals surface area contributed by atoms with Gasteiger partial charge < -0.3 is 4.74 Å². The summed E-state index contributed by atoms with van der Waals surface area (Å²) >= 11 is 0. The van der Waals surface area contributed by atoms with E-state index in [1.54, 1.807) is 0 Å². The SMILES string of the molecule is CCCCCOC1c2ccccc2-c2ccccc21. The Morgan fingerprint density at radius 2 is 1.42 bits per heavy atom. The number of hydrogen-bond acceptors (Lipinski definition) is 1. The van der Waals surface area contributed by atoms with Gasteiger partial charge in [0.1, 0.15) is 6.10 Å². The van der Waals surface area contributed by atoms with Gasteiger partial charge in [-0.25, -0.2) is 0 Å². The standard InChI is InChI=1S/C18H20O/c1-2-3-8-13-19-18-16-11-6-4-9-14(16)15-10-5-7-12-17(15)18/h4-7,9-12,18H,2-3,8,13H2,1H3.